The molecular formula is C32H40N6O4. The van der Waals surface area contributed by atoms with Gasteiger partial charge in [0.05, 0.1) is 19.1 Å². The average molecular weight is 573 g/mol. The van der Waals surface area contributed by atoms with Crippen molar-refractivity contribution in [2.75, 3.05) is 32.0 Å². The van der Waals surface area contributed by atoms with Crippen LogP contribution in [0.4, 0.5) is 5.82 Å². The molecule has 6 N–H and O–H groups in total. The highest BCUT2D eigenvalue weighted by atomic mass is 16.5. The second-order valence-corrected chi connectivity index (χ2v) is 10.7. The number of aryl methyl sites for hydroxylation is 2. The van der Waals surface area contributed by atoms with Crippen LogP contribution in [0.15, 0.2) is 66.7 Å². The first-order valence-electron chi connectivity index (χ1n) is 14.2. The van der Waals surface area contributed by atoms with E-state index in [-0.39, 0.29) is 24.9 Å². The first-order valence-corrected chi connectivity index (χ1v) is 14.2. The van der Waals surface area contributed by atoms with E-state index in [2.05, 4.69) is 15.6 Å². The van der Waals surface area contributed by atoms with Gasteiger partial charge in [-0.2, -0.15) is 0 Å². The molecule has 3 amide bonds. The second kappa shape index (κ2) is 14.1. The van der Waals surface area contributed by atoms with Gasteiger partial charge in [0, 0.05) is 37.4 Å². The zero-order valence-corrected chi connectivity index (χ0v) is 24.3. The highest BCUT2D eigenvalue weighted by molar-refractivity contribution is 5.94. The molecule has 0 spiro atoms. The summed E-state index contributed by atoms with van der Waals surface area (Å²) in [6.07, 6.45) is 0.860. The van der Waals surface area contributed by atoms with E-state index in [0.29, 0.717) is 50.5 Å². The molecule has 0 bridgehead atoms. The number of pyridine rings is 1. The molecule has 10 heteroatoms. The van der Waals surface area contributed by atoms with E-state index in [1.54, 1.807) is 30.0 Å². The van der Waals surface area contributed by atoms with Gasteiger partial charge in [-0.1, -0.05) is 55.5 Å². The van der Waals surface area contributed by atoms with Crippen LogP contribution in [0.5, 0.6) is 0 Å². The quantitative estimate of drug-likeness (QED) is 0.260. The molecular weight excluding hydrogens is 532 g/mol. The van der Waals surface area contributed by atoms with E-state index in [1.165, 1.54) is 0 Å². The SMILES string of the molecule is Cc1nc(N)ccc1CNC(=O)[C@@H](C)C(CCc1ccccc1)(NCc1ccc(C(=O)N2CCOCC2)cc1)C(N)=O. The molecule has 3 aromatic rings. The van der Waals surface area contributed by atoms with Crippen LogP contribution in [0.2, 0.25) is 0 Å². The number of carbonyl (C=O) groups is 3. The van der Waals surface area contributed by atoms with Gasteiger partial charge in [0.25, 0.3) is 5.91 Å². The van der Waals surface area contributed by atoms with E-state index in [1.807, 2.05) is 55.5 Å². The van der Waals surface area contributed by atoms with Gasteiger partial charge in [-0.3, -0.25) is 19.7 Å². The summed E-state index contributed by atoms with van der Waals surface area (Å²) in [5.41, 5.74) is 14.5. The standard InChI is InChI=1S/C32H40N6O4/c1-22(29(39)35-21-27-12-13-28(33)37-23(27)2)32(31(34)41,15-14-24-6-4-3-5-7-24)36-20-25-8-10-26(11-9-25)30(40)38-16-18-42-19-17-38/h3-13,22,36H,14-21H2,1-2H3,(H2,33,37)(H2,34,41)(H,35,39)/t22-,32?/m1/s1. The lowest BCUT2D eigenvalue weighted by Gasteiger charge is -2.37. The van der Waals surface area contributed by atoms with Crippen molar-refractivity contribution in [1.82, 2.24) is 20.5 Å². The van der Waals surface area contributed by atoms with Crippen molar-refractivity contribution in [3.05, 3.63) is 94.7 Å². The topological polar surface area (TPSA) is 153 Å². The van der Waals surface area contributed by atoms with Gasteiger partial charge < -0.3 is 26.4 Å². The summed E-state index contributed by atoms with van der Waals surface area (Å²) < 4.78 is 5.34. The fourth-order valence-corrected chi connectivity index (χ4v) is 5.20. The van der Waals surface area contributed by atoms with Gasteiger partial charge in [0.2, 0.25) is 11.8 Å². The molecule has 1 unspecified atom stereocenters. The highest BCUT2D eigenvalue weighted by Crippen LogP contribution is 2.26. The Morgan fingerprint density at radius 2 is 1.67 bits per heavy atom. The number of hydrogen-bond acceptors (Lipinski definition) is 7. The van der Waals surface area contributed by atoms with Crippen LogP contribution < -0.4 is 22.1 Å². The van der Waals surface area contributed by atoms with Crippen molar-refractivity contribution in [3.8, 4) is 0 Å². The van der Waals surface area contributed by atoms with E-state index in [4.69, 9.17) is 16.2 Å². The predicted molar refractivity (Wildman–Crippen MR) is 161 cm³/mol. The number of benzene rings is 2. The second-order valence-electron chi connectivity index (χ2n) is 10.7. The van der Waals surface area contributed by atoms with Crippen molar-refractivity contribution in [1.29, 1.82) is 0 Å². The number of morpholine rings is 1. The highest BCUT2D eigenvalue weighted by Gasteiger charge is 2.44. The third kappa shape index (κ3) is 7.51. The Morgan fingerprint density at radius 1 is 0.976 bits per heavy atom. The number of amides is 3. The van der Waals surface area contributed by atoms with E-state index in [0.717, 1.165) is 22.4 Å². The summed E-state index contributed by atoms with van der Waals surface area (Å²) >= 11 is 0. The van der Waals surface area contributed by atoms with E-state index < -0.39 is 17.4 Å². The zero-order valence-electron chi connectivity index (χ0n) is 24.3. The molecule has 1 aromatic heterocycles. The molecule has 10 nitrogen and oxygen atoms in total. The number of nitrogens with zero attached hydrogens (tertiary/aromatic N) is 2. The lowest BCUT2D eigenvalue weighted by atomic mass is 9.78. The summed E-state index contributed by atoms with van der Waals surface area (Å²) in [5.74, 6) is -1.33. The van der Waals surface area contributed by atoms with Gasteiger partial charge in [-0.15, -0.1) is 0 Å². The summed E-state index contributed by atoms with van der Waals surface area (Å²) in [6.45, 7) is 6.28. The molecule has 2 aromatic carbocycles. The third-order valence-corrected chi connectivity index (χ3v) is 8.00. The monoisotopic (exact) mass is 572 g/mol. The molecule has 1 aliphatic rings. The minimum atomic E-state index is -1.34. The van der Waals surface area contributed by atoms with Gasteiger partial charge in [0.15, 0.2) is 0 Å². The Balaban J connectivity index is 1.50. The van der Waals surface area contributed by atoms with Crippen molar-refractivity contribution in [3.63, 3.8) is 0 Å². The zero-order chi connectivity index (χ0) is 30.1. The first-order chi connectivity index (χ1) is 20.2. The number of anilines is 1. The average Bonchev–Trinajstić information content (AvgIpc) is 3.01. The van der Waals surface area contributed by atoms with Crippen LogP contribution >= 0.6 is 0 Å². The molecule has 1 saturated heterocycles. The number of nitrogen functional groups attached to an aromatic ring is 1. The largest absolute Gasteiger partial charge is 0.384 e. The Kier molecular flexibility index (Phi) is 10.3. The normalized spacial score (nSPS) is 15.4. The smallest absolute Gasteiger partial charge is 0.254 e. The maximum Gasteiger partial charge on any atom is 0.254 e. The molecule has 2 atom stereocenters. The van der Waals surface area contributed by atoms with E-state index in [9.17, 15) is 14.4 Å². The van der Waals surface area contributed by atoms with Crippen LogP contribution in [0.3, 0.4) is 0 Å². The summed E-state index contributed by atoms with van der Waals surface area (Å²) in [6, 6.07) is 20.6. The minimum Gasteiger partial charge on any atom is -0.384 e. The fraction of sp³-hybridized carbons (Fsp3) is 0.375. The summed E-state index contributed by atoms with van der Waals surface area (Å²) in [5, 5.41) is 6.30. The van der Waals surface area contributed by atoms with Crippen LogP contribution in [0.25, 0.3) is 0 Å². The number of aromatic nitrogens is 1. The Morgan fingerprint density at radius 3 is 2.31 bits per heavy atom. The first kappa shape index (κ1) is 30.7. The number of ether oxygens (including phenoxy) is 1. The van der Waals surface area contributed by atoms with Gasteiger partial charge in [0.1, 0.15) is 11.4 Å². The lowest BCUT2D eigenvalue weighted by Crippen LogP contribution is -2.62. The molecule has 2 heterocycles. The molecule has 4 rings (SSSR count). The molecule has 0 saturated carbocycles. The number of hydrogen-bond donors (Lipinski definition) is 4. The fourth-order valence-electron chi connectivity index (χ4n) is 5.20. The van der Waals surface area contributed by atoms with Crippen LogP contribution in [0.1, 0.15) is 46.1 Å². The number of rotatable bonds is 12. The molecule has 0 radical (unpaired) electrons. The Bertz CT molecular complexity index is 1380. The molecule has 42 heavy (non-hydrogen) atoms. The summed E-state index contributed by atoms with van der Waals surface area (Å²) in [4.78, 5) is 45.5. The maximum absolute atomic E-state index is 13.5. The predicted octanol–water partition coefficient (Wildman–Crippen LogP) is 2.34. The van der Waals surface area contributed by atoms with Crippen molar-refractivity contribution >= 4 is 23.5 Å². The molecule has 1 aliphatic heterocycles. The van der Waals surface area contributed by atoms with Gasteiger partial charge >= 0.3 is 0 Å². The number of carbonyl (C=O) groups excluding carboxylic acids is 3. The molecule has 222 valence electrons. The molecule has 0 aliphatic carbocycles. The van der Waals surface area contributed by atoms with E-state index >= 15 is 0 Å². The maximum atomic E-state index is 13.5. The number of nitrogens with one attached hydrogen (secondary N) is 2. The van der Waals surface area contributed by atoms with Crippen LogP contribution in [-0.4, -0.2) is 59.4 Å². The summed E-state index contributed by atoms with van der Waals surface area (Å²) in [7, 11) is 0. The molecule has 1 fully saturated rings. The minimum absolute atomic E-state index is 0.0380. The lowest BCUT2D eigenvalue weighted by molar-refractivity contribution is -0.136. The van der Waals surface area contributed by atoms with Crippen molar-refractivity contribution in [2.24, 2.45) is 11.7 Å². The van der Waals surface area contributed by atoms with Gasteiger partial charge in [-0.05, 0) is 54.7 Å². The Labute approximate surface area is 246 Å². The van der Waals surface area contributed by atoms with Crippen molar-refractivity contribution in [2.45, 2.75) is 45.3 Å². The van der Waals surface area contributed by atoms with Crippen LogP contribution in [-0.2, 0) is 33.8 Å². The van der Waals surface area contributed by atoms with Crippen LogP contribution in [0, 0.1) is 12.8 Å². The van der Waals surface area contributed by atoms with Crippen molar-refractivity contribution < 1.29 is 19.1 Å². The number of nitrogens with two attached hydrogens (primary N) is 2. The third-order valence-electron chi connectivity index (χ3n) is 8.00. The van der Waals surface area contributed by atoms with Gasteiger partial charge in [-0.25, -0.2) is 4.98 Å². The Hall–Kier alpha value is -4.28. The number of primary amides is 1.